The molecule has 3 aliphatic heterocycles. The number of piperazine rings is 1. The van der Waals surface area contributed by atoms with Gasteiger partial charge in [-0.15, -0.1) is 0 Å². The van der Waals surface area contributed by atoms with Crippen molar-refractivity contribution in [3.8, 4) is 12.1 Å². The van der Waals surface area contributed by atoms with E-state index in [9.17, 15) is 13.6 Å². The minimum atomic E-state index is -2.41. The fraction of sp³-hybridized carbons (Fsp3) is 0.486. The topological polar surface area (TPSA) is 98.1 Å². The number of aryl methyl sites for hydroxylation is 1. The molecule has 0 bridgehead atoms. The van der Waals surface area contributed by atoms with Gasteiger partial charge in [0.25, 0.3) is 5.92 Å². The Morgan fingerprint density at radius 3 is 2.34 bits per heavy atom. The number of carbonyl (C=O) groups excluding carboxylic acids is 1. The van der Waals surface area contributed by atoms with Gasteiger partial charge in [-0.2, -0.15) is 15.2 Å². The van der Waals surface area contributed by atoms with Crippen molar-refractivity contribution in [2.75, 3.05) is 83.5 Å². The van der Waals surface area contributed by atoms with Crippen molar-refractivity contribution in [1.82, 2.24) is 19.8 Å². The molecule has 0 atom stereocenters. The second-order valence-electron chi connectivity index (χ2n) is 11.8. The molecule has 0 aliphatic carbocycles. The lowest BCUT2D eigenvalue weighted by Crippen LogP contribution is -2.49. The number of hydrogen-bond acceptors (Lipinski definition) is 9. The number of aromatic nitrogens is 2. The number of nitrogens with zero attached hydrogens (tertiary/aromatic N) is 7. The van der Waals surface area contributed by atoms with Gasteiger partial charge in [0.1, 0.15) is 5.82 Å². The number of hydrogen-bond donors (Lipinski definition) is 0. The summed E-state index contributed by atoms with van der Waals surface area (Å²) >= 11 is 0. The molecule has 0 spiro atoms. The van der Waals surface area contributed by atoms with Gasteiger partial charge in [-0.3, -0.25) is 4.79 Å². The number of anilines is 2. The highest BCUT2D eigenvalue weighted by molar-refractivity contribution is 5.97. The van der Waals surface area contributed by atoms with Gasteiger partial charge in [-0.1, -0.05) is 36.4 Å². The summed E-state index contributed by atoms with van der Waals surface area (Å²) in [6, 6.07) is 15.1. The SMILES string of the molecule is CC#N.CN1CCC(F)(F)C1.COC/C=C/C(=O)N1CCN(c2nc(OC)nc3c2CCN(c2cccc4cccc(C)c24)C3)CC1. The van der Waals surface area contributed by atoms with E-state index in [-0.39, 0.29) is 18.9 Å². The van der Waals surface area contributed by atoms with Crippen molar-refractivity contribution in [2.45, 2.75) is 39.2 Å². The molecular weight excluding hydrogens is 604 g/mol. The highest BCUT2D eigenvalue weighted by atomic mass is 19.3. The fourth-order valence-electron chi connectivity index (χ4n) is 6.11. The van der Waals surface area contributed by atoms with Crippen molar-refractivity contribution in [3.63, 3.8) is 0 Å². The lowest BCUT2D eigenvalue weighted by Gasteiger charge is -2.38. The third kappa shape index (κ3) is 9.14. The van der Waals surface area contributed by atoms with E-state index in [1.807, 2.05) is 4.90 Å². The normalized spacial score (nSPS) is 17.4. The Morgan fingerprint density at radius 2 is 1.74 bits per heavy atom. The first-order chi connectivity index (χ1) is 22.6. The quantitative estimate of drug-likeness (QED) is 0.347. The molecule has 10 nitrogen and oxygen atoms in total. The monoisotopic (exact) mass is 649 g/mol. The number of fused-ring (bicyclic) bond motifs is 2. The van der Waals surface area contributed by atoms with E-state index in [2.05, 4.69) is 53.1 Å². The van der Waals surface area contributed by atoms with Gasteiger partial charge in [0.15, 0.2) is 0 Å². The maximum absolute atomic E-state index is 12.5. The van der Waals surface area contributed by atoms with E-state index >= 15 is 0 Å². The standard InChI is InChI=1S/C28H33N5O3.C5H9F2N.C2H3N/c1-20-7-4-8-21-9-5-10-24(26(20)21)33-13-12-22-23(19-33)29-28(36-3)30-27(22)32-16-14-31(15-17-32)25(34)11-6-18-35-2;1-8-3-2-5(6,7)4-8;1-2-3/h4-11H,12-19H2,1-3H3;2-4H2,1H3;1H3/b11-6+;;. The molecule has 1 amide bonds. The molecule has 0 saturated carbocycles. The molecule has 1 aromatic heterocycles. The van der Waals surface area contributed by atoms with Crippen LogP contribution in [0.4, 0.5) is 20.3 Å². The van der Waals surface area contributed by atoms with Gasteiger partial charge in [-0.25, -0.2) is 8.78 Å². The predicted octanol–water partition coefficient (Wildman–Crippen LogP) is 4.85. The minimum absolute atomic E-state index is 0.0232. The molecular formula is C35H45F2N7O3. The number of ether oxygens (including phenoxy) is 2. The highest BCUT2D eigenvalue weighted by Crippen LogP contribution is 2.35. The minimum Gasteiger partial charge on any atom is -0.467 e. The van der Waals surface area contributed by atoms with E-state index in [0.29, 0.717) is 38.8 Å². The number of methoxy groups -OCH3 is 2. The van der Waals surface area contributed by atoms with Crippen LogP contribution in [-0.2, 0) is 22.5 Å². The Hall–Kier alpha value is -4.34. The first kappa shape index (κ1) is 35.5. The smallest absolute Gasteiger partial charge is 0.318 e. The Morgan fingerprint density at radius 1 is 1.04 bits per heavy atom. The summed E-state index contributed by atoms with van der Waals surface area (Å²) in [7, 11) is 4.94. The molecule has 0 unspecified atom stereocenters. The number of likely N-dealkylation sites (tertiary alicyclic amines) is 1. The first-order valence-corrected chi connectivity index (χ1v) is 15.8. The lowest BCUT2D eigenvalue weighted by atomic mass is 9.99. The van der Waals surface area contributed by atoms with Gasteiger partial charge in [0.2, 0.25) is 5.91 Å². The fourth-order valence-corrected chi connectivity index (χ4v) is 6.11. The summed E-state index contributed by atoms with van der Waals surface area (Å²) in [5, 5.41) is 9.87. The van der Waals surface area contributed by atoms with E-state index < -0.39 is 5.92 Å². The molecule has 2 fully saturated rings. The third-order valence-electron chi connectivity index (χ3n) is 8.41. The summed E-state index contributed by atoms with van der Waals surface area (Å²) in [6.07, 6.45) is 4.24. The molecule has 4 heterocycles. The summed E-state index contributed by atoms with van der Waals surface area (Å²) in [5.41, 5.74) is 4.71. The lowest BCUT2D eigenvalue weighted by molar-refractivity contribution is -0.126. The van der Waals surface area contributed by atoms with Gasteiger partial charge >= 0.3 is 6.01 Å². The summed E-state index contributed by atoms with van der Waals surface area (Å²) < 4.78 is 34.8. The third-order valence-corrected chi connectivity index (χ3v) is 8.41. The average molecular weight is 650 g/mol. The van der Waals surface area contributed by atoms with Crippen molar-refractivity contribution in [1.29, 1.82) is 5.26 Å². The maximum Gasteiger partial charge on any atom is 0.318 e. The number of halogens is 2. The zero-order chi connectivity index (χ0) is 34.0. The summed E-state index contributed by atoms with van der Waals surface area (Å²) in [6.45, 7) is 8.87. The van der Waals surface area contributed by atoms with Crippen LogP contribution in [0.3, 0.4) is 0 Å². The number of rotatable bonds is 6. The van der Waals surface area contributed by atoms with E-state index in [1.165, 1.54) is 34.5 Å². The van der Waals surface area contributed by atoms with Crippen LogP contribution in [0.5, 0.6) is 6.01 Å². The van der Waals surface area contributed by atoms with Crippen LogP contribution < -0.4 is 14.5 Å². The van der Waals surface area contributed by atoms with Gasteiger partial charge in [-0.05, 0) is 37.4 Å². The van der Waals surface area contributed by atoms with Gasteiger partial charge in [0, 0.05) is 82.4 Å². The van der Waals surface area contributed by atoms with Gasteiger partial charge < -0.3 is 29.1 Å². The molecule has 3 aromatic rings. The molecule has 12 heteroatoms. The van der Waals surface area contributed by atoms with Crippen molar-refractivity contribution in [2.24, 2.45) is 0 Å². The molecule has 2 aromatic carbocycles. The van der Waals surface area contributed by atoms with Crippen LogP contribution in [0.15, 0.2) is 48.6 Å². The van der Waals surface area contributed by atoms with Crippen LogP contribution >= 0.6 is 0 Å². The van der Waals surface area contributed by atoms with Crippen LogP contribution in [0.25, 0.3) is 10.8 Å². The van der Waals surface area contributed by atoms with Crippen LogP contribution in [0.1, 0.15) is 30.2 Å². The maximum atomic E-state index is 12.5. The largest absolute Gasteiger partial charge is 0.467 e. The molecule has 47 heavy (non-hydrogen) atoms. The number of amides is 1. The first-order valence-electron chi connectivity index (χ1n) is 15.8. The second kappa shape index (κ2) is 16.5. The predicted molar refractivity (Wildman–Crippen MR) is 180 cm³/mol. The zero-order valence-corrected chi connectivity index (χ0v) is 28.0. The van der Waals surface area contributed by atoms with Gasteiger partial charge in [0.05, 0.1) is 38.6 Å². The highest BCUT2D eigenvalue weighted by Gasteiger charge is 2.36. The average Bonchev–Trinajstić information content (AvgIpc) is 3.40. The Kier molecular flexibility index (Phi) is 12.4. The molecule has 6 rings (SSSR count). The van der Waals surface area contributed by atoms with E-state index in [4.69, 9.17) is 24.7 Å². The Balaban J connectivity index is 0.000000389. The van der Waals surface area contributed by atoms with E-state index in [1.54, 1.807) is 44.4 Å². The summed E-state index contributed by atoms with van der Waals surface area (Å²) in [5.74, 6) is -1.45. The number of nitriles is 1. The second-order valence-corrected chi connectivity index (χ2v) is 11.8. The van der Waals surface area contributed by atoms with Crippen molar-refractivity contribution in [3.05, 3.63) is 65.4 Å². The van der Waals surface area contributed by atoms with E-state index in [0.717, 1.165) is 37.6 Å². The molecule has 252 valence electrons. The number of carbonyl (C=O) groups is 1. The Bertz CT molecular complexity index is 1580. The molecule has 0 N–H and O–H groups in total. The van der Waals surface area contributed by atoms with Crippen LogP contribution in [0.2, 0.25) is 0 Å². The number of alkyl halides is 2. The molecule has 0 radical (unpaired) electrons. The number of benzene rings is 2. The molecule has 3 aliphatic rings. The van der Waals surface area contributed by atoms with Crippen molar-refractivity contribution < 1.29 is 23.0 Å². The Labute approximate surface area is 276 Å². The van der Waals surface area contributed by atoms with Crippen LogP contribution in [-0.4, -0.2) is 105 Å². The van der Waals surface area contributed by atoms with Crippen LogP contribution in [0, 0.1) is 18.3 Å². The zero-order valence-electron chi connectivity index (χ0n) is 28.0. The molecule has 2 saturated heterocycles. The van der Waals surface area contributed by atoms with Crippen molar-refractivity contribution >= 4 is 28.2 Å². The summed E-state index contributed by atoms with van der Waals surface area (Å²) in [4.78, 5) is 30.2.